The minimum absolute atomic E-state index is 0.210. The fraction of sp³-hybridized carbons (Fsp3) is 0.174. The lowest BCUT2D eigenvalue weighted by Crippen LogP contribution is -2.48. The van der Waals surface area contributed by atoms with Crippen molar-refractivity contribution in [2.75, 3.05) is 0 Å². The van der Waals surface area contributed by atoms with Crippen LogP contribution < -0.4 is 0 Å². The average Bonchev–Trinajstić information content (AvgIpc) is 2.68. The monoisotopic (exact) mass is 374 g/mol. The topological polar surface area (TPSA) is 51.2 Å². The molecule has 2 bridgehead atoms. The Morgan fingerprint density at radius 2 is 1.19 bits per heavy atom. The molecule has 0 amide bonds. The molecule has 3 nitrogen and oxygen atoms in total. The molecule has 6 rings (SSSR count). The van der Waals surface area contributed by atoms with E-state index in [1.54, 1.807) is 24.3 Å². The van der Waals surface area contributed by atoms with E-state index < -0.39 is 26.9 Å². The van der Waals surface area contributed by atoms with E-state index in [-0.39, 0.29) is 10.7 Å². The van der Waals surface area contributed by atoms with Crippen molar-refractivity contribution in [3.8, 4) is 0 Å². The predicted molar refractivity (Wildman–Crippen MR) is 104 cm³/mol. The molecule has 0 spiro atoms. The normalized spacial score (nSPS) is 23.0. The van der Waals surface area contributed by atoms with Crippen LogP contribution in [0.4, 0.5) is 0 Å². The Morgan fingerprint density at radius 3 is 1.70 bits per heavy atom. The molecule has 3 aliphatic carbocycles. The standard InChI is InChI=1S/C23H18O3S/c1-14-10-12-15(13-11-14)27(25,26)23-21-18-8-4-2-6-16(18)20(22(23)24)17-7-3-5-9-19(17)21/h2-13,20-21,23H,1H3. The summed E-state index contributed by atoms with van der Waals surface area (Å²) in [6.07, 6.45) is 0. The van der Waals surface area contributed by atoms with Crippen molar-refractivity contribution in [1.29, 1.82) is 0 Å². The van der Waals surface area contributed by atoms with Crippen molar-refractivity contribution in [3.05, 3.63) is 101 Å². The number of carbonyl (C=O) groups excluding carboxylic acids is 1. The van der Waals surface area contributed by atoms with Crippen LogP contribution >= 0.6 is 0 Å². The van der Waals surface area contributed by atoms with Gasteiger partial charge >= 0.3 is 0 Å². The number of aryl methyl sites for hydroxylation is 1. The lowest BCUT2D eigenvalue weighted by molar-refractivity contribution is -0.120. The minimum Gasteiger partial charge on any atom is -0.297 e. The number of benzene rings is 3. The van der Waals surface area contributed by atoms with Gasteiger partial charge < -0.3 is 0 Å². The number of carbonyl (C=O) groups is 1. The molecule has 0 heterocycles. The summed E-state index contributed by atoms with van der Waals surface area (Å²) in [5, 5.41) is -1.07. The molecule has 0 aliphatic heterocycles. The minimum atomic E-state index is -3.79. The molecule has 134 valence electrons. The summed E-state index contributed by atoms with van der Waals surface area (Å²) in [5.74, 6) is -1.17. The summed E-state index contributed by atoms with van der Waals surface area (Å²) < 4.78 is 27.0. The van der Waals surface area contributed by atoms with Crippen LogP contribution in [0.15, 0.2) is 77.7 Å². The molecule has 4 heteroatoms. The number of hydrogen-bond donors (Lipinski definition) is 0. The molecule has 1 atom stereocenters. The number of Topliss-reactive ketones (excluding diaryl/α,β-unsaturated/α-hetero) is 1. The maximum Gasteiger partial charge on any atom is 0.189 e. The van der Waals surface area contributed by atoms with Gasteiger partial charge in [-0.05, 0) is 41.3 Å². The number of hydrogen-bond acceptors (Lipinski definition) is 3. The zero-order valence-electron chi connectivity index (χ0n) is 14.8. The largest absolute Gasteiger partial charge is 0.297 e. The third kappa shape index (κ3) is 2.20. The molecule has 0 saturated carbocycles. The van der Waals surface area contributed by atoms with E-state index in [4.69, 9.17) is 0 Å². The summed E-state index contributed by atoms with van der Waals surface area (Å²) in [4.78, 5) is 13.6. The van der Waals surface area contributed by atoms with Crippen LogP contribution in [0.1, 0.15) is 39.7 Å². The highest BCUT2D eigenvalue weighted by Crippen LogP contribution is 2.53. The van der Waals surface area contributed by atoms with Crippen molar-refractivity contribution in [2.45, 2.75) is 28.9 Å². The molecule has 27 heavy (non-hydrogen) atoms. The van der Waals surface area contributed by atoms with Gasteiger partial charge in [-0.3, -0.25) is 4.79 Å². The third-order valence-corrected chi connectivity index (χ3v) is 7.94. The van der Waals surface area contributed by atoms with E-state index in [9.17, 15) is 13.2 Å². The highest BCUT2D eigenvalue weighted by molar-refractivity contribution is 7.93. The Balaban J connectivity index is 1.77. The van der Waals surface area contributed by atoms with Crippen LogP contribution in [-0.2, 0) is 14.6 Å². The molecule has 3 aromatic carbocycles. The van der Waals surface area contributed by atoms with Crippen molar-refractivity contribution in [2.24, 2.45) is 0 Å². The van der Waals surface area contributed by atoms with Crippen LogP contribution in [-0.4, -0.2) is 19.5 Å². The summed E-state index contributed by atoms with van der Waals surface area (Å²) in [6.45, 7) is 1.91. The summed E-state index contributed by atoms with van der Waals surface area (Å²) in [6, 6.07) is 22.3. The summed E-state index contributed by atoms with van der Waals surface area (Å²) in [5.41, 5.74) is 4.80. The molecule has 1 unspecified atom stereocenters. The number of sulfone groups is 1. The molecule has 0 N–H and O–H groups in total. The van der Waals surface area contributed by atoms with Crippen LogP contribution in [0.2, 0.25) is 0 Å². The SMILES string of the molecule is Cc1ccc(S(=O)(=O)C2C(=O)C3c4ccccc4C2c2ccccc23)cc1. The van der Waals surface area contributed by atoms with Gasteiger partial charge in [0.15, 0.2) is 15.6 Å². The van der Waals surface area contributed by atoms with Crippen molar-refractivity contribution in [3.63, 3.8) is 0 Å². The molecule has 0 saturated heterocycles. The number of fused-ring (bicyclic) bond motifs is 1. The Morgan fingerprint density at radius 1 is 0.704 bits per heavy atom. The van der Waals surface area contributed by atoms with E-state index in [0.29, 0.717) is 0 Å². The van der Waals surface area contributed by atoms with Crippen molar-refractivity contribution in [1.82, 2.24) is 0 Å². The molecule has 0 radical (unpaired) electrons. The fourth-order valence-corrected chi connectivity index (χ4v) is 6.52. The molecule has 3 aliphatic rings. The Bertz CT molecular complexity index is 1130. The Hall–Kier alpha value is -2.72. The van der Waals surface area contributed by atoms with Crippen molar-refractivity contribution >= 4 is 15.6 Å². The Labute approximate surface area is 158 Å². The predicted octanol–water partition coefficient (Wildman–Crippen LogP) is 4.00. The maximum atomic E-state index is 13.5. The summed E-state index contributed by atoms with van der Waals surface area (Å²) >= 11 is 0. The van der Waals surface area contributed by atoms with Gasteiger partial charge in [-0.15, -0.1) is 0 Å². The number of ketones is 1. The lowest BCUT2D eigenvalue weighted by Gasteiger charge is -2.43. The highest BCUT2D eigenvalue weighted by atomic mass is 32.2. The molecular formula is C23H18O3S. The van der Waals surface area contributed by atoms with E-state index in [1.807, 2.05) is 55.5 Å². The van der Waals surface area contributed by atoms with Gasteiger partial charge in [0.05, 0.1) is 10.8 Å². The van der Waals surface area contributed by atoms with Crippen LogP contribution in [0.3, 0.4) is 0 Å². The van der Waals surface area contributed by atoms with Crippen LogP contribution in [0.5, 0.6) is 0 Å². The molecule has 3 aromatic rings. The highest BCUT2D eigenvalue weighted by Gasteiger charge is 2.54. The first-order chi connectivity index (χ1) is 13.0. The number of rotatable bonds is 2. The quantitative estimate of drug-likeness (QED) is 0.681. The first kappa shape index (κ1) is 16.5. The average molecular weight is 374 g/mol. The molecule has 0 aromatic heterocycles. The van der Waals surface area contributed by atoms with Gasteiger partial charge in [0.1, 0.15) is 5.25 Å². The van der Waals surface area contributed by atoms with Crippen molar-refractivity contribution < 1.29 is 13.2 Å². The van der Waals surface area contributed by atoms with Gasteiger partial charge in [-0.2, -0.15) is 0 Å². The van der Waals surface area contributed by atoms with Crippen LogP contribution in [0, 0.1) is 6.92 Å². The lowest BCUT2D eigenvalue weighted by atomic mass is 9.63. The summed E-state index contributed by atoms with van der Waals surface area (Å²) in [7, 11) is -3.79. The van der Waals surface area contributed by atoms with Crippen LogP contribution in [0.25, 0.3) is 0 Å². The zero-order valence-corrected chi connectivity index (χ0v) is 15.6. The third-order valence-electron chi connectivity index (χ3n) is 5.84. The van der Waals surface area contributed by atoms with E-state index in [1.165, 1.54) is 0 Å². The molecule has 0 fully saturated rings. The first-order valence-corrected chi connectivity index (χ1v) is 10.6. The first-order valence-electron chi connectivity index (χ1n) is 9.02. The van der Waals surface area contributed by atoms with Gasteiger partial charge in [0.2, 0.25) is 0 Å². The van der Waals surface area contributed by atoms with Gasteiger partial charge in [0.25, 0.3) is 0 Å². The van der Waals surface area contributed by atoms with E-state index in [0.717, 1.165) is 27.8 Å². The Kier molecular flexibility index (Phi) is 3.43. The maximum absolute atomic E-state index is 13.5. The smallest absolute Gasteiger partial charge is 0.189 e. The second-order valence-electron chi connectivity index (χ2n) is 7.35. The second-order valence-corrected chi connectivity index (χ2v) is 9.42. The van der Waals surface area contributed by atoms with Gasteiger partial charge in [-0.1, -0.05) is 66.2 Å². The fourth-order valence-electron chi connectivity index (χ4n) is 4.62. The molecular weight excluding hydrogens is 356 g/mol. The second kappa shape index (κ2) is 5.64. The van der Waals surface area contributed by atoms with E-state index >= 15 is 0 Å². The van der Waals surface area contributed by atoms with Gasteiger partial charge in [-0.25, -0.2) is 8.42 Å². The zero-order chi connectivity index (χ0) is 18.8. The van der Waals surface area contributed by atoms with E-state index in [2.05, 4.69) is 0 Å². The van der Waals surface area contributed by atoms with Gasteiger partial charge in [0, 0.05) is 5.92 Å².